The molecule has 0 amide bonds. The van der Waals surface area contributed by atoms with Gasteiger partial charge in [-0.15, -0.1) is 0 Å². The van der Waals surface area contributed by atoms with Crippen LogP contribution in [0.4, 0.5) is 0 Å². The average molecular weight is 281 g/mol. The van der Waals surface area contributed by atoms with Crippen LogP contribution in [0.25, 0.3) is 0 Å². The molecule has 0 fully saturated rings. The van der Waals surface area contributed by atoms with E-state index in [2.05, 4.69) is 0 Å². The Hall–Kier alpha value is -1.55. The first kappa shape index (κ1) is 12.9. The van der Waals surface area contributed by atoms with Crippen molar-refractivity contribution in [1.29, 1.82) is 0 Å². The van der Waals surface area contributed by atoms with Gasteiger partial charge < -0.3 is 0 Å². The van der Waals surface area contributed by atoms with E-state index in [1.807, 2.05) is 6.07 Å². The Kier molecular flexibility index (Phi) is 3.57. The monoisotopic (exact) mass is 281 g/mol. The summed E-state index contributed by atoms with van der Waals surface area (Å²) in [5.74, 6) is 0. The van der Waals surface area contributed by atoms with Crippen molar-refractivity contribution in [2.45, 2.75) is 4.90 Å². The Morgan fingerprint density at radius 3 is 1.83 bits per heavy atom. The SMILES string of the molecule is O=[P+](c1ccccc1)c1ccc(S(=O)(=O)O)cc1. The first-order chi connectivity index (χ1) is 8.48. The minimum absolute atomic E-state index is 0.206. The fourth-order valence-electron chi connectivity index (χ4n) is 1.47. The van der Waals surface area contributed by atoms with Crippen molar-refractivity contribution >= 4 is 28.5 Å². The third kappa shape index (κ3) is 2.82. The quantitative estimate of drug-likeness (QED) is 0.686. The zero-order chi connectivity index (χ0) is 13.2. The maximum Gasteiger partial charge on any atom is 0.415 e. The number of benzene rings is 2. The zero-order valence-corrected chi connectivity index (χ0v) is 10.9. The van der Waals surface area contributed by atoms with Crippen LogP contribution in [0.5, 0.6) is 0 Å². The summed E-state index contributed by atoms with van der Waals surface area (Å²) in [6.07, 6.45) is 0. The van der Waals surface area contributed by atoms with Gasteiger partial charge in [-0.25, -0.2) is 0 Å². The van der Waals surface area contributed by atoms with Crippen molar-refractivity contribution in [2.75, 3.05) is 0 Å². The Labute approximate surface area is 106 Å². The summed E-state index contributed by atoms with van der Waals surface area (Å²) < 4.78 is 42.7. The second kappa shape index (κ2) is 4.98. The van der Waals surface area contributed by atoms with Gasteiger partial charge in [0, 0.05) is 0 Å². The molecule has 0 aliphatic rings. The summed E-state index contributed by atoms with van der Waals surface area (Å²) in [6.45, 7) is 0. The molecule has 0 heterocycles. The molecule has 18 heavy (non-hydrogen) atoms. The summed E-state index contributed by atoms with van der Waals surface area (Å²) in [6, 6.07) is 14.2. The van der Waals surface area contributed by atoms with Gasteiger partial charge in [-0.1, -0.05) is 22.8 Å². The molecule has 0 aliphatic heterocycles. The Bertz CT molecular complexity index is 663. The lowest BCUT2D eigenvalue weighted by molar-refractivity contribution is 0.483. The van der Waals surface area contributed by atoms with Gasteiger partial charge in [-0.3, -0.25) is 4.55 Å². The third-order valence-corrected chi connectivity index (χ3v) is 4.76. The molecule has 2 aromatic carbocycles. The number of hydrogen-bond acceptors (Lipinski definition) is 3. The molecule has 1 atom stereocenters. The third-order valence-electron chi connectivity index (χ3n) is 2.36. The highest BCUT2D eigenvalue weighted by Gasteiger charge is 2.23. The van der Waals surface area contributed by atoms with Crippen LogP contribution < -0.4 is 10.6 Å². The fraction of sp³-hybridized carbons (Fsp3) is 0. The van der Waals surface area contributed by atoms with Gasteiger partial charge in [0.2, 0.25) is 0 Å². The lowest BCUT2D eigenvalue weighted by Crippen LogP contribution is -2.07. The normalized spacial score (nSPS) is 12.2. The van der Waals surface area contributed by atoms with Crippen molar-refractivity contribution in [3.8, 4) is 0 Å². The van der Waals surface area contributed by atoms with E-state index in [0.29, 0.717) is 10.6 Å². The average Bonchev–Trinajstić information content (AvgIpc) is 2.38. The van der Waals surface area contributed by atoms with Gasteiger partial charge in [-0.05, 0) is 36.4 Å². The highest BCUT2D eigenvalue weighted by molar-refractivity contribution is 7.85. The van der Waals surface area contributed by atoms with Crippen molar-refractivity contribution in [1.82, 2.24) is 0 Å². The molecule has 6 heteroatoms. The zero-order valence-electron chi connectivity index (χ0n) is 9.22. The molecule has 0 saturated heterocycles. The molecule has 0 saturated carbocycles. The van der Waals surface area contributed by atoms with E-state index in [1.165, 1.54) is 24.3 Å². The predicted molar refractivity (Wildman–Crippen MR) is 69.6 cm³/mol. The molecule has 92 valence electrons. The molecule has 2 aromatic rings. The number of hydrogen-bond donors (Lipinski definition) is 1. The maximum absolute atomic E-state index is 12.1. The van der Waals surface area contributed by atoms with E-state index < -0.39 is 17.9 Å². The van der Waals surface area contributed by atoms with Gasteiger partial charge >= 0.3 is 7.80 Å². The molecule has 1 unspecified atom stereocenters. The summed E-state index contributed by atoms with van der Waals surface area (Å²) in [4.78, 5) is -0.206. The van der Waals surface area contributed by atoms with E-state index in [-0.39, 0.29) is 4.90 Å². The second-order valence-corrected chi connectivity index (χ2v) is 6.64. The van der Waals surface area contributed by atoms with Gasteiger partial charge in [0.05, 0.1) is 4.90 Å². The molecule has 0 spiro atoms. The summed E-state index contributed by atoms with van der Waals surface area (Å²) in [5, 5.41) is 1.19. The fourth-order valence-corrected chi connectivity index (χ4v) is 3.11. The Balaban J connectivity index is 2.34. The Morgan fingerprint density at radius 2 is 1.33 bits per heavy atom. The van der Waals surface area contributed by atoms with E-state index in [9.17, 15) is 13.0 Å². The van der Waals surface area contributed by atoms with Gasteiger partial charge in [0.25, 0.3) is 10.1 Å². The van der Waals surface area contributed by atoms with E-state index in [0.717, 1.165) is 0 Å². The molecular formula is C12H10O4PS+. The molecule has 0 bridgehead atoms. The van der Waals surface area contributed by atoms with Crippen LogP contribution in [-0.4, -0.2) is 13.0 Å². The Morgan fingerprint density at radius 1 is 0.833 bits per heavy atom. The van der Waals surface area contributed by atoms with Crippen LogP contribution in [0.15, 0.2) is 59.5 Å². The van der Waals surface area contributed by atoms with Crippen LogP contribution in [0.3, 0.4) is 0 Å². The molecule has 2 rings (SSSR count). The highest BCUT2D eigenvalue weighted by atomic mass is 32.2. The molecule has 4 nitrogen and oxygen atoms in total. The van der Waals surface area contributed by atoms with E-state index >= 15 is 0 Å². The summed E-state index contributed by atoms with van der Waals surface area (Å²) in [5.41, 5.74) is 0. The number of rotatable bonds is 3. The van der Waals surface area contributed by atoms with Crippen LogP contribution in [0, 0.1) is 0 Å². The molecular weight excluding hydrogens is 271 g/mol. The van der Waals surface area contributed by atoms with Crippen molar-refractivity contribution in [2.24, 2.45) is 0 Å². The molecule has 0 aliphatic carbocycles. The molecule has 0 radical (unpaired) electrons. The lowest BCUT2D eigenvalue weighted by Gasteiger charge is -1.95. The van der Waals surface area contributed by atoms with Gasteiger partial charge in [0.15, 0.2) is 10.6 Å². The van der Waals surface area contributed by atoms with Gasteiger partial charge in [-0.2, -0.15) is 8.42 Å². The van der Waals surface area contributed by atoms with Crippen molar-refractivity contribution in [3.05, 3.63) is 54.6 Å². The lowest BCUT2D eigenvalue weighted by atomic mass is 10.4. The first-order valence-electron chi connectivity index (χ1n) is 5.08. The van der Waals surface area contributed by atoms with E-state index in [4.69, 9.17) is 4.55 Å². The van der Waals surface area contributed by atoms with Crippen LogP contribution >= 0.6 is 7.80 Å². The van der Waals surface area contributed by atoms with Crippen LogP contribution in [0.2, 0.25) is 0 Å². The second-order valence-electron chi connectivity index (χ2n) is 3.60. The summed E-state index contributed by atoms with van der Waals surface area (Å²) in [7, 11) is -5.95. The molecule has 1 N–H and O–H groups in total. The first-order valence-corrected chi connectivity index (χ1v) is 7.78. The predicted octanol–water partition coefficient (Wildman–Crippen LogP) is 1.71. The van der Waals surface area contributed by atoms with Crippen LogP contribution in [0.1, 0.15) is 0 Å². The minimum Gasteiger partial charge on any atom is -0.282 e. The molecule has 0 aromatic heterocycles. The van der Waals surface area contributed by atoms with Crippen molar-refractivity contribution < 1.29 is 17.5 Å². The minimum atomic E-state index is -4.20. The van der Waals surface area contributed by atoms with Crippen LogP contribution in [-0.2, 0) is 14.7 Å². The highest BCUT2D eigenvalue weighted by Crippen LogP contribution is 2.20. The summed E-state index contributed by atoms with van der Waals surface area (Å²) >= 11 is 0. The topological polar surface area (TPSA) is 71.4 Å². The smallest absolute Gasteiger partial charge is 0.282 e. The standard InChI is InChI=1S/C12H9O4PS/c13-17(10-4-2-1-3-5-10)11-6-8-12(9-7-11)18(14,15)16/h1-9H/p+1. The van der Waals surface area contributed by atoms with Crippen molar-refractivity contribution in [3.63, 3.8) is 0 Å². The van der Waals surface area contributed by atoms with E-state index in [1.54, 1.807) is 24.3 Å². The maximum atomic E-state index is 12.1. The largest absolute Gasteiger partial charge is 0.415 e. The van der Waals surface area contributed by atoms with Gasteiger partial charge in [0.1, 0.15) is 0 Å².